The van der Waals surface area contributed by atoms with E-state index < -0.39 is 10.0 Å². The molecule has 0 radical (unpaired) electrons. The highest BCUT2D eigenvalue weighted by Gasteiger charge is 2.35. The van der Waals surface area contributed by atoms with Crippen LogP contribution in [0.15, 0.2) is 23.1 Å². The summed E-state index contributed by atoms with van der Waals surface area (Å²) in [6, 6.07) is 4.88. The fraction of sp³-hybridized carbons (Fsp3) is 0.389. The molecule has 2 aromatic rings. The second-order valence-corrected chi connectivity index (χ2v) is 8.82. The van der Waals surface area contributed by atoms with E-state index in [4.69, 9.17) is 0 Å². The zero-order valence-corrected chi connectivity index (χ0v) is 17.2. The highest BCUT2D eigenvalue weighted by atomic mass is 32.2. The molecule has 1 aromatic carbocycles. The zero-order valence-electron chi connectivity index (χ0n) is 16.4. The minimum Gasteiger partial charge on any atom is -0.332 e. The van der Waals surface area contributed by atoms with Crippen molar-refractivity contribution < 1.29 is 18.0 Å². The van der Waals surface area contributed by atoms with E-state index in [2.05, 4.69) is 15.1 Å². The SMILES string of the molecule is CNS(=O)(=O)c1cc(-c2cc(NC(C)=O)nn2C)cc2c1C(=O)N(C(C)C)C2. The fourth-order valence-corrected chi connectivity index (χ4v) is 4.29. The molecule has 9 nitrogen and oxygen atoms in total. The number of carbonyl (C=O) groups is 2. The molecule has 2 amide bonds. The molecule has 0 fully saturated rings. The molecule has 3 rings (SSSR count). The molecule has 0 atom stereocenters. The van der Waals surface area contributed by atoms with E-state index >= 15 is 0 Å². The lowest BCUT2D eigenvalue weighted by Crippen LogP contribution is -2.31. The molecule has 2 N–H and O–H groups in total. The molecule has 10 heteroatoms. The van der Waals surface area contributed by atoms with Crippen LogP contribution < -0.4 is 10.0 Å². The lowest BCUT2D eigenvalue weighted by atomic mass is 10.0. The summed E-state index contributed by atoms with van der Waals surface area (Å²) in [6.45, 7) is 5.49. The van der Waals surface area contributed by atoms with E-state index in [1.807, 2.05) is 13.8 Å². The van der Waals surface area contributed by atoms with Crippen molar-refractivity contribution in [1.29, 1.82) is 0 Å². The Morgan fingerprint density at radius 1 is 1.25 bits per heavy atom. The lowest BCUT2D eigenvalue weighted by molar-refractivity contribution is -0.114. The summed E-state index contributed by atoms with van der Waals surface area (Å²) < 4.78 is 29.1. The normalized spacial score (nSPS) is 13.9. The Kier molecular flexibility index (Phi) is 5.02. The van der Waals surface area contributed by atoms with Crippen LogP contribution in [0.3, 0.4) is 0 Å². The van der Waals surface area contributed by atoms with E-state index in [9.17, 15) is 18.0 Å². The number of hydrogen-bond acceptors (Lipinski definition) is 5. The van der Waals surface area contributed by atoms with Gasteiger partial charge in [-0.15, -0.1) is 0 Å². The number of benzene rings is 1. The minimum atomic E-state index is -3.86. The van der Waals surface area contributed by atoms with Crippen LogP contribution in [0.5, 0.6) is 0 Å². The Morgan fingerprint density at radius 2 is 1.93 bits per heavy atom. The van der Waals surface area contributed by atoms with Crippen molar-refractivity contribution in [2.24, 2.45) is 7.05 Å². The van der Waals surface area contributed by atoms with Crippen molar-refractivity contribution >= 4 is 27.7 Å². The third-order valence-corrected chi connectivity index (χ3v) is 6.10. The molecule has 2 heterocycles. The van der Waals surface area contributed by atoms with Crippen molar-refractivity contribution in [3.63, 3.8) is 0 Å². The quantitative estimate of drug-likeness (QED) is 0.779. The van der Waals surface area contributed by atoms with Gasteiger partial charge in [0.1, 0.15) is 0 Å². The van der Waals surface area contributed by atoms with Crippen LogP contribution in [0.25, 0.3) is 11.3 Å². The van der Waals surface area contributed by atoms with Gasteiger partial charge >= 0.3 is 0 Å². The molecule has 1 aliphatic rings. The first-order valence-electron chi connectivity index (χ1n) is 8.78. The van der Waals surface area contributed by atoms with Gasteiger partial charge < -0.3 is 10.2 Å². The van der Waals surface area contributed by atoms with Gasteiger partial charge in [0.15, 0.2) is 5.82 Å². The monoisotopic (exact) mass is 405 g/mol. The van der Waals surface area contributed by atoms with Crippen molar-refractivity contribution in [3.8, 4) is 11.3 Å². The Labute approximate surface area is 163 Å². The summed E-state index contributed by atoms with van der Waals surface area (Å²) >= 11 is 0. The van der Waals surface area contributed by atoms with Crippen LogP contribution in [0, 0.1) is 0 Å². The van der Waals surface area contributed by atoms with Crippen LogP contribution in [0.2, 0.25) is 0 Å². The predicted molar refractivity (Wildman–Crippen MR) is 104 cm³/mol. The maximum atomic E-state index is 12.8. The first-order valence-corrected chi connectivity index (χ1v) is 10.3. The minimum absolute atomic E-state index is 0.0575. The Hall–Kier alpha value is -2.72. The van der Waals surface area contributed by atoms with E-state index in [-0.39, 0.29) is 28.3 Å². The fourth-order valence-electron chi connectivity index (χ4n) is 3.31. The number of aromatic nitrogens is 2. The number of fused-ring (bicyclic) bond motifs is 1. The van der Waals surface area contributed by atoms with Gasteiger partial charge in [-0.3, -0.25) is 14.3 Å². The third-order valence-electron chi connectivity index (χ3n) is 4.66. The molecule has 0 saturated heterocycles. The summed E-state index contributed by atoms with van der Waals surface area (Å²) in [5.74, 6) is -0.187. The van der Waals surface area contributed by atoms with Gasteiger partial charge in [-0.25, -0.2) is 13.1 Å². The average Bonchev–Trinajstić information content (AvgIpc) is 3.13. The van der Waals surface area contributed by atoms with Gasteiger partial charge in [0, 0.05) is 38.2 Å². The van der Waals surface area contributed by atoms with Crippen LogP contribution in [-0.4, -0.2) is 48.0 Å². The lowest BCUT2D eigenvalue weighted by Gasteiger charge is -2.20. The molecule has 0 bridgehead atoms. The summed E-state index contributed by atoms with van der Waals surface area (Å²) in [6.07, 6.45) is 0. The second-order valence-electron chi connectivity index (χ2n) is 6.96. The largest absolute Gasteiger partial charge is 0.332 e. The summed E-state index contributed by atoms with van der Waals surface area (Å²) in [4.78, 5) is 25.7. The van der Waals surface area contributed by atoms with Crippen LogP contribution in [0.4, 0.5) is 5.82 Å². The molecular formula is C18H23N5O4S. The van der Waals surface area contributed by atoms with Gasteiger partial charge in [-0.2, -0.15) is 5.10 Å². The van der Waals surface area contributed by atoms with Crippen LogP contribution >= 0.6 is 0 Å². The third kappa shape index (κ3) is 3.40. The van der Waals surface area contributed by atoms with Crippen LogP contribution in [-0.2, 0) is 28.4 Å². The summed E-state index contributed by atoms with van der Waals surface area (Å²) in [7, 11) is -0.845. The smallest absolute Gasteiger partial charge is 0.256 e. The number of hydrogen-bond donors (Lipinski definition) is 2. The zero-order chi connectivity index (χ0) is 20.8. The topological polar surface area (TPSA) is 113 Å². The maximum Gasteiger partial charge on any atom is 0.256 e. The number of rotatable bonds is 5. The van der Waals surface area contributed by atoms with E-state index in [0.29, 0.717) is 29.2 Å². The maximum absolute atomic E-state index is 12.8. The molecule has 0 spiro atoms. The highest BCUT2D eigenvalue weighted by Crippen LogP contribution is 2.35. The molecular weight excluding hydrogens is 382 g/mol. The second kappa shape index (κ2) is 7.02. The van der Waals surface area contributed by atoms with Gasteiger partial charge in [0.25, 0.3) is 5.91 Å². The highest BCUT2D eigenvalue weighted by molar-refractivity contribution is 7.89. The van der Waals surface area contributed by atoms with Crippen molar-refractivity contribution in [1.82, 2.24) is 19.4 Å². The molecule has 1 aromatic heterocycles. The number of anilines is 1. The van der Waals surface area contributed by atoms with Crippen LogP contribution in [0.1, 0.15) is 36.7 Å². The Bertz CT molecular complexity index is 1070. The first kappa shape index (κ1) is 20.0. The number of amides is 2. The van der Waals surface area contributed by atoms with E-state index in [0.717, 1.165) is 0 Å². The van der Waals surface area contributed by atoms with Gasteiger partial charge in [-0.05, 0) is 38.6 Å². The van der Waals surface area contributed by atoms with Crippen molar-refractivity contribution in [2.75, 3.05) is 12.4 Å². The van der Waals surface area contributed by atoms with Gasteiger partial charge in [-0.1, -0.05) is 0 Å². The van der Waals surface area contributed by atoms with Gasteiger partial charge in [0.05, 0.1) is 16.2 Å². The number of carbonyl (C=O) groups excluding carboxylic acids is 2. The Morgan fingerprint density at radius 3 is 2.50 bits per heavy atom. The standard InChI is InChI=1S/C18H23N5O4S/c1-10(2)23-9-13-6-12(14-8-16(20-11(3)24)21-22(14)5)7-15(17(13)18(23)25)28(26,27)19-4/h6-8,10,19H,9H2,1-5H3,(H,20,21,24). The molecule has 1 aliphatic heterocycles. The molecule has 0 unspecified atom stereocenters. The average molecular weight is 405 g/mol. The first-order chi connectivity index (χ1) is 13.0. The summed E-state index contributed by atoms with van der Waals surface area (Å²) in [5.41, 5.74) is 2.07. The Balaban J connectivity index is 2.21. The summed E-state index contributed by atoms with van der Waals surface area (Å²) in [5, 5.41) is 6.84. The van der Waals surface area contributed by atoms with Crippen molar-refractivity contribution in [2.45, 2.75) is 38.3 Å². The van der Waals surface area contributed by atoms with Crippen molar-refractivity contribution in [3.05, 3.63) is 29.3 Å². The molecule has 150 valence electrons. The molecule has 0 saturated carbocycles. The number of nitrogens with one attached hydrogen (secondary N) is 2. The number of aryl methyl sites for hydroxylation is 1. The van der Waals surface area contributed by atoms with Gasteiger partial charge in [0.2, 0.25) is 15.9 Å². The predicted octanol–water partition coefficient (Wildman–Crippen LogP) is 1.32. The molecule has 28 heavy (non-hydrogen) atoms. The van der Waals surface area contributed by atoms with E-state index in [1.165, 1.54) is 20.0 Å². The number of nitrogens with zero attached hydrogens (tertiary/aromatic N) is 3. The number of sulfonamides is 1. The van der Waals surface area contributed by atoms with E-state index in [1.54, 1.807) is 28.8 Å². The molecule has 0 aliphatic carbocycles.